The van der Waals surface area contributed by atoms with Gasteiger partial charge in [0.2, 0.25) is 17.2 Å². The molecule has 1 heterocycles. The number of ether oxygens (including phenoxy) is 5. The lowest BCUT2D eigenvalue weighted by Gasteiger charge is -2.16. The Kier molecular flexibility index (Phi) is 5.31. The molecule has 9 nitrogen and oxygen atoms in total. The van der Waals surface area contributed by atoms with E-state index >= 15 is 0 Å². The fourth-order valence-corrected chi connectivity index (χ4v) is 3.09. The molecule has 3 aromatic rings. The van der Waals surface area contributed by atoms with Crippen LogP contribution in [0.2, 0.25) is 0 Å². The third-order valence-corrected chi connectivity index (χ3v) is 4.40. The van der Waals surface area contributed by atoms with Gasteiger partial charge in [-0.3, -0.25) is 4.79 Å². The Bertz CT molecular complexity index is 1130. The van der Waals surface area contributed by atoms with Gasteiger partial charge in [0.1, 0.15) is 16.7 Å². The third kappa shape index (κ3) is 3.10. The first-order valence-electron chi connectivity index (χ1n) is 8.35. The van der Waals surface area contributed by atoms with Crippen molar-refractivity contribution < 1.29 is 38.3 Å². The van der Waals surface area contributed by atoms with Crippen molar-refractivity contribution in [1.82, 2.24) is 0 Å². The van der Waals surface area contributed by atoms with Crippen molar-refractivity contribution >= 4 is 11.0 Å². The summed E-state index contributed by atoms with van der Waals surface area (Å²) in [6.45, 7) is 0. The summed E-state index contributed by atoms with van der Waals surface area (Å²) in [5.41, 5.74) is -0.231. The number of hydrogen-bond acceptors (Lipinski definition) is 9. The van der Waals surface area contributed by atoms with Gasteiger partial charge < -0.3 is 38.3 Å². The van der Waals surface area contributed by atoms with E-state index in [1.165, 1.54) is 47.7 Å². The number of fused-ring (bicyclic) bond motifs is 1. The molecule has 2 N–H and O–H groups in total. The van der Waals surface area contributed by atoms with Crippen LogP contribution in [0.5, 0.6) is 40.2 Å². The second-order valence-electron chi connectivity index (χ2n) is 5.85. The lowest BCUT2D eigenvalue weighted by molar-refractivity contribution is 0.316. The highest BCUT2D eigenvalue weighted by atomic mass is 16.5. The average molecular weight is 404 g/mol. The van der Waals surface area contributed by atoms with Crippen LogP contribution in [-0.4, -0.2) is 45.8 Å². The zero-order valence-electron chi connectivity index (χ0n) is 16.5. The Morgan fingerprint density at radius 2 is 1.28 bits per heavy atom. The van der Waals surface area contributed by atoms with Crippen LogP contribution in [-0.2, 0) is 0 Å². The summed E-state index contributed by atoms with van der Waals surface area (Å²) in [5.74, 6) is -0.149. The van der Waals surface area contributed by atoms with Crippen molar-refractivity contribution in [3.05, 3.63) is 28.4 Å². The molecule has 0 atom stereocenters. The molecule has 0 aliphatic rings. The van der Waals surface area contributed by atoms with E-state index < -0.39 is 11.2 Å². The molecule has 0 radical (unpaired) electrons. The molecule has 0 unspecified atom stereocenters. The molecular weight excluding hydrogens is 384 g/mol. The van der Waals surface area contributed by atoms with Crippen LogP contribution in [0.15, 0.2) is 27.4 Å². The third-order valence-electron chi connectivity index (χ3n) is 4.40. The maximum atomic E-state index is 12.7. The molecule has 1 aromatic heterocycles. The Hall–Kier alpha value is -3.75. The van der Waals surface area contributed by atoms with E-state index in [0.29, 0.717) is 0 Å². The Morgan fingerprint density at radius 1 is 0.724 bits per heavy atom. The van der Waals surface area contributed by atoms with Crippen molar-refractivity contribution in [3.63, 3.8) is 0 Å². The van der Waals surface area contributed by atoms with Crippen LogP contribution in [0.1, 0.15) is 0 Å². The van der Waals surface area contributed by atoms with Gasteiger partial charge in [0, 0.05) is 12.1 Å². The maximum Gasteiger partial charge on any atom is 0.207 e. The van der Waals surface area contributed by atoms with Gasteiger partial charge in [-0.05, 0) is 6.07 Å². The highest BCUT2D eigenvalue weighted by Gasteiger charge is 2.25. The normalized spacial score (nSPS) is 10.7. The number of phenolic OH excluding ortho intramolecular Hbond substituents is 2. The van der Waals surface area contributed by atoms with Gasteiger partial charge in [-0.2, -0.15) is 0 Å². The molecule has 0 saturated heterocycles. The predicted octanol–water partition coefficient (Wildman–Crippen LogP) is 2.91. The van der Waals surface area contributed by atoms with Gasteiger partial charge in [-0.15, -0.1) is 0 Å². The van der Waals surface area contributed by atoms with Crippen LogP contribution in [0.25, 0.3) is 22.3 Å². The monoisotopic (exact) mass is 404 g/mol. The summed E-state index contributed by atoms with van der Waals surface area (Å²) >= 11 is 0. The first kappa shape index (κ1) is 20.0. The summed E-state index contributed by atoms with van der Waals surface area (Å²) in [6, 6.07) is 4.09. The molecule has 0 aliphatic carbocycles. The molecule has 0 amide bonds. The summed E-state index contributed by atoms with van der Waals surface area (Å²) < 4.78 is 31.8. The highest BCUT2D eigenvalue weighted by molar-refractivity contribution is 5.90. The van der Waals surface area contributed by atoms with Crippen molar-refractivity contribution in [2.24, 2.45) is 0 Å². The topological polar surface area (TPSA) is 117 Å². The van der Waals surface area contributed by atoms with E-state index in [1.807, 2.05) is 0 Å². The summed E-state index contributed by atoms with van der Waals surface area (Å²) in [6.07, 6.45) is 0. The van der Waals surface area contributed by atoms with E-state index in [-0.39, 0.29) is 56.8 Å². The molecule has 9 heteroatoms. The molecule has 29 heavy (non-hydrogen) atoms. The van der Waals surface area contributed by atoms with Crippen molar-refractivity contribution in [2.45, 2.75) is 0 Å². The Morgan fingerprint density at radius 3 is 1.83 bits per heavy atom. The van der Waals surface area contributed by atoms with Gasteiger partial charge in [-0.1, -0.05) is 0 Å². The molecule has 154 valence electrons. The quantitative estimate of drug-likeness (QED) is 0.639. The molecule has 0 saturated carbocycles. The van der Waals surface area contributed by atoms with Gasteiger partial charge in [-0.25, -0.2) is 0 Å². The number of benzene rings is 2. The van der Waals surface area contributed by atoms with Gasteiger partial charge >= 0.3 is 0 Å². The smallest absolute Gasteiger partial charge is 0.207 e. The standard InChI is InChI=1S/C20H20O9/c1-24-13-6-9(18(26-3)17(23)20(13)28-5)11-7-10(21)15-12(29-11)8-14(25-2)19(27-4)16(15)22/h6-8,22-23H,1-5H3. The zero-order valence-corrected chi connectivity index (χ0v) is 16.5. The molecule has 3 rings (SSSR count). The number of aromatic hydroxyl groups is 2. The van der Waals surface area contributed by atoms with E-state index in [1.54, 1.807) is 0 Å². The van der Waals surface area contributed by atoms with Crippen LogP contribution in [0, 0.1) is 0 Å². The van der Waals surface area contributed by atoms with E-state index in [0.717, 1.165) is 6.07 Å². The molecule has 0 bridgehead atoms. The maximum absolute atomic E-state index is 12.7. The highest BCUT2D eigenvalue weighted by Crippen LogP contribution is 2.50. The largest absolute Gasteiger partial charge is 0.504 e. The van der Waals surface area contributed by atoms with Crippen LogP contribution in [0.4, 0.5) is 0 Å². The number of hydrogen-bond donors (Lipinski definition) is 2. The molecule has 2 aromatic carbocycles. The number of methoxy groups -OCH3 is 5. The van der Waals surface area contributed by atoms with Gasteiger partial charge in [0.25, 0.3) is 0 Å². The van der Waals surface area contributed by atoms with Gasteiger partial charge in [0.15, 0.2) is 28.4 Å². The second-order valence-corrected chi connectivity index (χ2v) is 5.85. The SMILES string of the molecule is COc1cc(-c2cc(=O)c3c(O)c(OC)c(OC)cc3o2)c(OC)c(O)c1OC. The van der Waals surface area contributed by atoms with Crippen molar-refractivity contribution in [3.8, 4) is 51.6 Å². The molecule has 0 fully saturated rings. The Balaban J connectivity index is 2.37. The van der Waals surface area contributed by atoms with Gasteiger partial charge in [0.05, 0.1) is 41.1 Å². The van der Waals surface area contributed by atoms with Crippen molar-refractivity contribution in [2.75, 3.05) is 35.5 Å². The fourth-order valence-electron chi connectivity index (χ4n) is 3.09. The van der Waals surface area contributed by atoms with Crippen LogP contribution in [0.3, 0.4) is 0 Å². The number of phenols is 2. The van der Waals surface area contributed by atoms with Crippen LogP contribution >= 0.6 is 0 Å². The summed E-state index contributed by atoms with van der Waals surface area (Å²) in [4.78, 5) is 12.7. The molecular formula is C20H20O9. The lowest BCUT2D eigenvalue weighted by Crippen LogP contribution is -2.04. The first-order valence-corrected chi connectivity index (χ1v) is 8.35. The minimum Gasteiger partial charge on any atom is -0.504 e. The lowest BCUT2D eigenvalue weighted by atomic mass is 10.1. The summed E-state index contributed by atoms with van der Waals surface area (Å²) in [7, 11) is 6.86. The predicted molar refractivity (Wildman–Crippen MR) is 104 cm³/mol. The second kappa shape index (κ2) is 7.70. The van der Waals surface area contributed by atoms with E-state index in [2.05, 4.69) is 0 Å². The summed E-state index contributed by atoms with van der Waals surface area (Å²) in [5, 5.41) is 20.9. The minimum absolute atomic E-state index is 0.0152. The zero-order chi connectivity index (χ0) is 21.3. The Labute approximate surface area is 165 Å². The van der Waals surface area contributed by atoms with Crippen molar-refractivity contribution in [1.29, 1.82) is 0 Å². The van der Waals surface area contributed by atoms with E-state index in [4.69, 9.17) is 28.1 Å². The molecule has 0 aliphatic heterocycles. The average Bonchev–Trinajstić information content (AvgIpc) is 2.72. The first-order chi connectivity index (χ1) is 13.9. The van der Waals surface area contributed by atoms with Crippen LogP contribution < -0.4 is 29.1 Å². The molecule has 0 spiro atoms. The number of rotatable bonds is 6. The fraction of sp³-hybridized carbons (Fsp3) is 0.250. The van der Waals surface area contributed by atoms with E-state index in [9.17, 15) is 15.0 Å². The minimum atomic E-state index is -0.531.